The summed E-state index contributed by atoms with van der Waals surface area (Å²) in [7, 11) is 1.69. The number of methoxy groups -OCH3 is 1. The number of hydrogen-bond acceptors (Lipinski definition) is 1. The van der Waals surface area contributed by atoms with Gasteiger partial charge in [0.05, 0.1) is 7.11 Å². The summed E-state index contributed by atoms with van der Waals surface area (Å²) in [5.41, 5.74) is 11.2. The molecule has 0 unspecified atom stereocenters. The van der Waals surface area contributed by atoms with E-state index in [1.54, 1.807) is 7.11 Å². The molecule has 0 bridgehead atoms. The first kappa shape index (κ1) is 24.5. The predicted molar refractivity (Wildman–Crippen MR) is 150 cm³/mol. The van der Waals surface area contributed by atoms with E-state index in [1.807, 2.05) is 12.1 Å². The van der Waals surface area contributed by atoms with Crippen molar-refractivity contribution in [2.24, 2.45) is 0 Å². The average molecular weight is 487 g/mol. The highest BCUT2D eigenvalue weighted by atomic mass is 16.5. The van der Waals surface area contributed by atoms with E-state index in [2.05, 4.69) is 127 Å². The van der Waals surface area contributed by atoms with Crippen LogP contribution in [0.5, 0.6) is 5.75 Å². The van der Waals surface area contributed by atoms with Gasteiger partial charge in [0, 0.05) is 47.0 Å². The van der Waals surface area contributed by atoms with Crippen molar-refractivity contribution in [1.29, 1.82) is 0 Å². The maximum atomic E-state index is 5.28. The first-order chi connectivity index (χ1) is 18.1. The Labute approximate surface area is 220 Å². The van der Waals surface area contributed by atoms with Gasteiger partial charge in [0.15, 0.2) is 24.8 Å². The van der Waals surface area contributed by atoms with Crippen LogP contribution in [0.4, 0.5) is 0 Å². The zero-order valence-electron chi connectivity index (χ0n) is 22.1. The van der Waals surface area contributed by atoms with Crippen molar-refractivity contribution < 1.29 is 13.9 Å². The van der Waals surface area contributed by atoms with Gasteiger partial charge in [-0.1, -0.05) is 55.8 Å². The number of para-hydroxylation sites is 1. The fourth-order valence-electron chi connectivity index (χ4n) is 5.00. The molecular weight excluding hydrogens is 452 g/mol. The molecule has 0 aliphatic heterocycles. The Kier molecular flexibility index (Phi) is 7.14. The maximum Gasteiger partial charge on any atom is 0.213 e. The van der Waals surface area contributed by atoms with E-state index in [0.29, 0.717) is 0 Å². The Morgan fingerprint density at radius 2 is 1.22 bits per heavy atom. The Balaban J connectivity index is 1.39. The molecule has 3 nitrogen and oxygen atoms in total. The lowest BCUT2D eigenvalue weighted by Crippen LogP contribution is -2.31. The van der Waals surface area contributed by atoms with E-state index in [4.69, 9.17) is 4.74 Å². The molecule has 184 valence electrons. The predicted octanol–water partition coefficient (Wildman–Crippen LogP) is 7.15. The van der Waals surface area contributed by atoms with Crippen LogP contribution in [-0.2, 0) is 6.42 Å². The Bertz CT molecular complexity index is 1520. The third kappa shape index (κ3) is 5.17. The molecule has 5 rings (SSSR count). The van der Waals surface area contributed by atoms with Gasteiger partial charge in [0.1, 0.15) is 5.75 Å². The topological polar surface area (TPSA) is 17.0 Å². The number of hydrogen-bond donors (Lipinski definition) is 0. The van der Waals surface area contributed by atoms with Crippen molar-refractivity contribution >= 4 is 0 Å². The number of nitrogens with zero attached hydrogens (tertiary/aromatic N) is 2. The fraction of sp³-hybridized carbons (Fsp3) is 0.176. The van der Waals surface area contributed by atoms with Crippen LogP contribution in [0.3, 0.4) is 0 Å². The standard InChI is InChI=1S/C34H34N2O/c1-5-8-29-9-6-7-10-34(29)36-22-20-33(26(3)24-36)28-13-11-27(12-14-28)32-19-21-35(23-25(32)2)30-15-17-31(37-4)18-16-30/h6-7,9-24H,5,8H2,1-4H3/q+2. The fourth-order valence-corrected chi connectivity index (χ4v) is 5.00. The minimum Gasteiger partial charge on any atom is -0.497 e. The minimum absolute atomic E-state index is 0.863. The molecule has 0 amide bonds. The number of ether oxygens (including phenoxy) is 1. The van der Waals surface area contributed by atoms with Crippen LogP contribution in [0.2, 0.25) is 0 Å². The van der Waals surface area contributed by atoms with E-state index < -0.39 is 0 Å². The molecular formula is C34H34N2O+2. The molecule has 37 heavy (non-hydrogen) atoms. The zero-order chi connectivity index (χ0) is 25.8. The van der Waals surface area contributed by atoms with Gasteiger partial charge in [0.25, 0.3) is 0 Å². The molecule has 0 N–H and O–H groups in total. The van der Waals surface area contributed by atoms with Crippen LogP contribution < -0.4 is 13.9 Å². The summed E-state index contributed by atoms with van der Waals surface area (Å²) in [6.45, 7) is 6.59. The largest absolute Gasteiger partial charge is 0.497 e. The summed E-state index contributed by atoms with van der Waals surface area (Å²) in [5.74, 6) is 0.863. The summed E-state index contributed by atoms with van der Waals surface area (Å²) in [5, 5.41) is 0. The number of rotatable bonds is 7. The van der Waals surface area contributed by atoms with Crippen LogP contribution in [0, 0.1) is 13.8 Å². The number of aromatic nitrogens is 2. The molecule has 5 aromatic rings. The third-order valence-electron chi connectivity index (χ3n) is 6.99. The van der Waals surface area contributed by atoms with Crippen LogP contribution in [0.25, 0.3) is 33.6 Å². The smallest absolute Gasteiger partial charge is 0.213 e. The lowest BCUT2D eigenvalue weighted by atomic mass is 9.97. The molecule has 0 fully saturated rings. The quantitative estimate of drug-likeness (QED) is 0.223. The maximum absolute atomic E-state index is 5.28. The molecule has 0 radical (unpaired) electrons. The van der Waals surface area contributed by atoms with Gasteiger partial charge in [-0.2, -0.15) is 9.13 Å². The first-order valence-electron chi connectivity index (χ1n) is 12.9. The second-order valence-electron chi connectivity index (χ2n) is 9.55. The summed E-state index contributed by atoms with van der Waals surface area (Å²) in [6, 6.07) is 30.2. The molecule has 0 saturated carbocycles. The van der Waals surface area contributed by atoms with Crippen LogP contribution in [-0.4, -0.2) is 7.11 Å². The highest BCUT2D eigenvalue weighted by Crippen LogP contribution is 2.28. The van der Waals surface area contributed by atoms with Crippen molar-refractivity contribution in [3.05, 3.63) is 126 Å². The highest BCUT2D eigenvalue weighted by molar-refractivity contribution is 5.72. The van der Waals surface area contributed by atoms with Gasteiger partial charge in [-0.15, -0.1) is 0 Å². The number of aryl methyl sites for hydroxylation is 3. The second kappa shape index (κ2) is 10.8. The molecule has 3 aromatic carbocycles. The number of pyridine rings is 2. The van der Waals surface area contributed by atoms with Gasteiger partial charge in [-0.3, -0.25) is 0 Å². The monoisotopic (exact) mass is 486 g/mol. The van der Waals surface area contributed by atoms with E-state index >= 15 is 0 Å². The summed E-state index contributed by atoms with van der Waals surface area (Å²) >= 11 is 0. The summed E-state index contributed by atoms with van der Waals surface area (Å²) in [4.78, 5) is 0. The Morgan fingerprint density at radius 3 is 1.78 bits per heavy atom. The molecule has 0 aliphatic rings. The molecule has 0 atom stereocenters. The zero-order valence-corrected chi connectivity index (χ0v) is 22.1. The van der Waals surface area contributed by atoms with E-state index in [1.165, 1.54) is 44.6 Å². The van der Waals surface area contributed by atoms with Crippen LogP contribution >= 0.6 is 0 Å². The minimum atomic E-state index is 0.863. The van der Waals surface area contributed by atoms with Gasteiger partial charge >= 0.3 is 0 Å². The molecule has 2 heterocycles. The van der Waals surface area contributed by atoms with Gasteiger partial charge in [-0.05, 0) is 54.7 Å². The van der Waals surface area contributed by atoms with E-state index in [-0.39, 0.29) is 0 Å². The van der Waals surface area contributed by atoms with Crippen molar-refractivity contribution in [3.63, 3.8) is 0 Å². The first-order valence-corrected chi connectivity index (χ1v) is 12.9. The van der Waals surface area contributed by atoms with Crippen molar-refractivity contribution in [1.82, 2.24) is 0 Å². The van der Waals surface area contributed by atoms with Gasteiger partial charge in [0.2, 0.25) is 11.4 Å². The molecule has 0 spiro atoms. The van der Waals surface area contributed by atoms with Crippen molar-refractivity contribution in [2.75, 3.05) is 7.11 Å². The Morgan fingerprint density at radius 1 is 0.649 bits per heavy atom. The lowest BCUT2D eigenvalue weighted by molar-refractivity contribution is -0.596. The van der Waals surface area contributed by atoms with Crippen LogP contribution in [0.1, 0.15) is 30.0 Å². The average Bonchev–Trinajstić information content (AvgIpc) is 2.94. The van der Waals surface area contributed by atoms with E-state index in [0.717, 1.165) is 24.3 Å². The molecule has 2 aromatic heterocycles. The highest BCUT2D eigenvalue weighted by Gasteiger charge is 2.15. The second-order valence-corrected chi connectivity index (χ2v) is 9.55. The molecule has 0 saturated heterocycles. The number of benzene rings is 3. The van der Waals surface area contributed by atoms with E-state index in [9.17, 15) is 0 Å². The molecule has 0 aliphatic carbocycles. The van der Waals surface area contributed by atoms with Crippen LogP contribution in [0.15, 0.2) is 110 Å². The van der Waals surface area contributed by atoms with Gasteiger partial charge < -0.3 is 4.74 Å². The SMILES string of the molecule is CCCc1ccccc1-[n+]1ccc(-c2ccc(-c3cc[n+](-c4ccc(OC)cc4)cc3C)cc2)c(C)c1. The van der Waals surface area contributed by atoms with Crippen molar-refractivity contribution in [3.8, 4) is 39.4 Å². The van der Waals surface area contributed by atoms with Crippen molar-refractivity contribution in [2.45, 2.75) is 33.6 Å². The lowest BCUT2D eigenvalue weighted by Gasteiger charge is -2.09. The normalized spacial score (nSPS) is 10.9. The van der Waals surface area contributed by atoms with Gasteiger partial charge in [-0.25, -0.2) is 0 Å². The summed E-state index contributed by atoms with van der Waals surface area (Å²) < 4.78 is 9.68. The molecule has 3 heteroatoms. The summed E-state index contributed by atoms with van der Waals surface area (Å²) in [6.07, 6.45) is 11.0. The third-order valence-corrected chi connectivity index (χ3v) is 6.99. The Hall–Kier alpha value is -4.24.